The highest BCUT2D eigenvalue weighted by Gasteiger charge is 2.16. The van der Waals surface area contributed by atoms with Crippen LogP contribution in [0.15, 0.2) is 30.6 Å². The molecule has 0 saturated carbocycles. The maximum atomic E-state index is 4.47. The SMILES string of the molecule is Cc1ccccc1-c1ncnc2c1CNCC2. The van der Waals surface area contributed by atoms with E-state index in [2.05, 4.69) is 46.5 Å². The minimum Gasteiger partial charge on any atom is -0.312 e. The summed E-state index contributed by atoms with van der Waals surface area (Å²) in [4.78, 5) is 8.86. The first-order valence-corrected chi connectivity index (χ1v) is 5.96. The predicted octanol–water partition coefficient (Wildman–Crippen LogP) is 2.10. The summed E-state index contributed by atoms with van der Waals surface area (Å²) in [6.45, 7) is 4.01. The van der Waals surface area contributed by atoms with E-state index >= 15 is 0 Å². The lowest BCUT2D eigenvalue weighted by Gasteiger charge is -2.19. The summed E-state index contributed by atoms with van der Waals surface area (Å²) in [6.07, 6.45) is 2.68. The van der Waals surface area contributed by atoms with Crippen LogP contribution in [0.25, 0.3) is 11.3 Å². The summed E-state index contributed by atoms with van der Waals surface area (Å²) in [6, 6.07) is 8.38. The summed E-state index contributed by atoms with van der Waals surface area (Å²) in [5.41, 5.74) is 6.01. The van der Waals surface area contributed by atoms with Gasteiger partial charge in [0.25, 0.3) is 0 Å². The van der Waals surface area contributed by atoms with Crippen molar-refractivity contribution in [3.63, 3.8) is 0 Å². The van der Waals surface area contributed by atoms with Gasteiger partial charge in [0.05, 0.1) is 11.4 Å². The Morgan fingerprint density at radius 3 is 2.94 bits per heavy atom. The highest BCUT2D eigenvalue weighted by atomic mass is 14.9. The quantitative estimate of drug-likeness (QED) is 0.807. The van der Waals surface area contributed by atoms with Gasteiger partial charge in [-0.1, -0.05) is 24.3 Å². The topological polar surface area (TPSA) is 37.8 Å². The minimum atomic E-state index is 0.875. The zero-order chi connectivity index (χ0) is 11.7. The van der Waals surface area contributed by atoms with Crippen molar-refractivity contribution in [3.05, 3.63) is 47.4 Å². The van der Waals surface area contributed by atoms with Crippen LogP contribution in [0.5, 0.6) is 0 Å². The summed E-state index contributed by atoms with van der Waals surface area (Å²) >= 11 is 0. The summed E-state index contributed by atoms with van der Waals surface area (Å²) < 4.78 is 0. The number of benzene rings is 1. The summed E-state index contributed by atoms with van der Waals surface area (Å²) in [7, 11) is 0. The molecule has 3 heteroatoms. The molecule has 0 spiro atoms. The third-order valence-corrected chi connectivity index (χ3v) is 3.28. The largest absolute Gasteiger partial charge is 0.312 e. The van der Waals surface area contributed by atoms with Crippen molar-refractivity contribution >= 4 is 0 Å². The molecule has 86 valence electrons. The number of rotatable bonds is 1. The molecule has 1 aliphatic rings. The molecule has 0 aliphatic carbocycles. The van der Waals surface area contributed by atoms with Gasteiger partial charge in [0.15, 0.2) is 0 Å². The van der Waals surface area contributed by atoms with Crippen molar-refractivity contribution in [2.24, 2.45) is 0 Å². The number of nitrogens with one attached hydrogen (secondary N) is 1. The fraction of sp³-hybridized carbons (Fsp3) is 0.286. The first-order valence-electron chi connectivity index (χ1n) is 5.96. The summed E-state index contributed by atoms with van der Waals surface area (Å²) in [5, 5.41) is 3.39. The van der Waals surface area contributed by atoms with Gasteiger partial charge in [0.2, 0.25) is 0 Å². The Labute approximate surface area is 101 Å². The normalized spacial score (nSPS) is 14.4. The van der Waals surface area contributed by atoms with Crippen molar-refractivity contribution in [3.8, 4) is 11.3 Å². The molecule has 0 saturated heterocycles. The van der Waals surface area contributed by atoms with E-state index in [9.17, 15) is 0 Å². The van der Waals surface area contributed by atoms with Crippen LogP contribution in [0.4, 0.5) is 0 Å². The van der Waals surface area contributed by atoms with E-state index in [1.807, 2.05) is 0 Å². The van der Waals surface area contributed by atoms with Gasteiger partial charge in [-0.05, 0) is 12.5 Å². The fourth-order valence-electron chi connectivity index (χ4n) is 2.34. The van der Waals surface area contributed by atoms with E-state index in [1.165, 1.54) is 22.4 Å². The molecule has 0 unspecified atom stereocenters. The molecule has 0 amide bonds. The molecule has 0 radical (unpaired) electrons. The van der Waals surface area contributed by atoms with Gasteiger partial charge in [-0.15, -0.1) is 0 Å². The average molecular weight is 225 g/mol. The van der Waals surface area contributed by atoms with Crippen LogP contribution in [0.3, 0.4) is 0 Å². The number of fused-ring (bicyclic) bond motifs is 1. The molecule has 2 aromatic rings. The van der Waals surface area contributed by atoms with Crippen molar-refractivity contribution in [2.45, 2.75) is 19.9 Å². The second-order valence-electron chi connectivity index (χ2n) is 4.39. The van der Waals surface area contributed by atoms with Crippen LogP contribution in [0.2, 0.25) is 0 Å². The molecular formula is C14H15N3. The summed E-state index contributed by atoms with van der Waals surface area (Å²) in [5.74, 6) is 0. The van der Waals surface area contributed by atoms with Crippen molar-refractivity contribution in [2.75, 3.05) is 6.54 Å². The zero-order valence-electron chi connectivity index (χ0n) is 9.90. The fourth-order valence-corrected chi connectivity index (χ4v) is 2.34. The number of aromatic nitrogens is 2. The van der Waals surface area contributed by atoms with Crippen LogP contribution >= 0.6 is 0 Å². The first-order chi connectivity index (χ1) is 8.36. The minimum absolute atomic E-state index is 0.875. The lowest BCUT2D eigenvalue weighted by molar-refractivity contribution is 0.627. The third kappa shape index (κ3) is 1.83. The van der Waals surface area contributed by atoms with Crippen LogP contribution in [-0.2, 0) is 13.0 Å². The number of nitrogens with zero attached hydrogens (tertiary/aromatic N) is 2. The lowest BCUT2D eigenvalue weighted by Crippen LogP contribution is -2.25. The molecule has 1 N–H and O–H groups in total. The second-order valence-corrected chi connectivity index (χ2v) is 4.39. The Morgan fingerprint density at radius 2 is 2.06 bits per heavy atom. The molecule has 2 heterocycles. The van der Waals surface area contributed by atoms with E-state index in [0.717, 1.165) is 25.2 Å². The molecule has 17 heavy (non-hydrogen) atoms. The second kappa shape index (κ2) is 4.26. The maximum Gasteiger partial charge on any atom is 0.116 e. The third-order valence-electron chi connectivity index (χ3n) is 3.28. The Balaban J connectivity index is 2.18. The van der Waals surface area contributed by atoms with Crippen LogP contribution in [0, 0.1) is 6.92 Å². The highest BCUT2D eigenvalue weighted by molar-refractivity contribution is 5.67. The number of hydrogen-bond donors (Lipinski definition) is 1. The smallest absolute Gasteiger partial charge is 0.116 e. The Hall–Kier alpha value is -1.74. The first kappa shape index (κ1) is 10.4. The van der Waals surface area contributed by atoms with Gasteiger partial charge in [0.1, 0.15) is 6.33 Å². The van der Waals surface area contributed by atoms with E-state index in [1.54, 1.807) is 6.33 Å². The van der Waals surface area contributed by atoms with E-state index in [0.29, 0.717) is 0 Å². The Bertz CT molecular complexity index is 549. The Morgan fingerprint density at radius 1 is 1.18 bits per heavy atom. The van der Waals surface area contributed by atoms with Gasteiger partial charge >= 0.3 is 0 Å². The van der Waals surface area contributed by atoms with Crippen LogP contribution in [0.1, 0.15) is 16.8 Å². The van der Waals surface area contributed by atoms with E-state index in [-0.39, 0.29) is 0 Å². The maximum absolute atomic E-state index is 4.47. The van der Waals surface area contributed by atoms with Gasteiger partial charge in [0, 0.05) is 30.6 Å². The standard InChI is InChI=1S/C14H15N3/c1-10-4-2-3-5-11(10)14-12-8-15-7-6-13(12)16-9-17-14/h2-5,9,15H,6-8H2,1H3. The van der Waals surface area contributed by atoms with Gasteiger partial charge in [-0.25, -0.2) is 9.97 Å². The van der Waals surface area contributed by atoms with Gasteiger partial charge < -0.3 is 5.32 Å². The molecule has 1 aromatic heterocycles. The molecule has 0 bridgehead atoms. The molecule has 0 atom stereocenters. The van der Waals surface area contributed by atoms with Gasteiger partial charge in [-0.2, -0.15) is 0 Å². The van der Waals surface area contributed by atoms with Crippen molar-refractivity contribution in [1.29, 1.82) is 0 Å². The predicted molar refractivity (Wildman–Crippen MR) is 67.6 cm³/mol. The number of aryl methyl sites for hydroxylation is 1. The molecule has 1 aliphatic heterocycles. The number of hydrogen-bond acceptors (Lipinski definition) is 3. The van der Waals surface area contributed by atoms with Crippen molar-refractivity contribution < 1.29 is 0 Å². The van der Waals surface area contributed by atoms with Crippen LogP contribution < -0.4 is 5.32 Å². The van der Waals surface area contributed by atoms with E-state index in [4.69, 9.17) is 0 Å². The van der Waals surface area contributed by atoms with E-state index < -0.39 is 0 Å². The van der Waals surface area contributed by atoms with Gasteiger partial charge in [-0.3, -0.25) is 0 Å². The molecule has 0 fully saturated rings. The molecule has 3 rings (SSSR count). The lowest BCUT2D eigenvalue weighted by atomic mass is 9.98. The monoisotopic (exact) mass is 225 g/mol. The Kier molecular flexibility index (Phi) is 2.61. The highest BCUT2D eigenvalue weighted by Crippen LogP contribution is 2.27. The van der Waals surface area contributed by atoms with Crippen LogP contribution in [-0.4, -0.2) is 16.5 Å². The molecule has 1 aromatic carbocycles. The molecular weight excluding hydrogens is 210 g/mol. The molecule has 3 nitrogen and oxygen atoms in total. The van der Waals surface area contributed by atoms with Crippen molar-refractivity contribution in [1.82, 2.24) is 15.3 Å². The average Bonchev–Trinajstić information content (AvgIpc) is 2.39. The zero-order valence-corrected chi connectivity index (χ0v) is 9.90.